The number of hydrogen-bond donors (Lipinski definition) is 1. The zero-order chi connectivity index (χ0) is 23.4. The van der Waals surface area contributed by atoms with Gasteiger partial charge in [0.1, 0.15) is 11.3 Å². The van der Waals surface area contributed by atoms with E-state index in [-0.39, 0.29) is 26.8 Å². The van der Waals surface area contributed by atoms with Crippen LogP contribution in [0.15, 0.2) is 109 Å². The molecule has 6 heteroatoms. The number of para-hydroxylation sites is 5. The minimum absolute atomic E-state index is 0. The molecule has 7 rings (SSSR count). The van der Waals surface area contributed by atoms with Crippen LogP contribution >= 0.6 is 0 Å². The van der Waals surface area contributed by atoms with Crippen molar-refractivity contribution >= 4 is 27.8 Å². The Balaban J connectivity index is 0.00000240. The van der Waals surface area contributed by atoms with Crippen LogP contribution in [-0.4, -0.2) is 24.0 Å². The van der Waals surface area contributed by atoms with E-state index in [0.717, 1.165) is 50.4 Å². The molecule has 0 radical (unpaired) electrons. The van der Waals surface area contributed by atoms with Crippen LogP contribution in [0.4, 0.5) is 0 Å². The van der Waals surface area contributed by atoms with Gasteiger partial charge in [0.25, 0.3) is 0 Å². The summed E-state index contributed by atoms with van der Waals surface area (Å²) in [6, 6.07) is 38.8. The number of rotatable bonds is 3. The van der Waals surface area contributed by atoms with Crippen molar-refractivity contribution in [3.8, 4) is 34.0 Å². The summed E-state index contributed by atoms with van der Waals surface area (Å²) in [6.07, 6.45) is 0. The molecule has 3 heterocycles. The second-order valence-electron chi connectivity index (χ2n) is 8.42. The van der Waals surface area contributed by atoms with E-state index in [1.807, 2.05) is 89.5 Å². The van der Waals surface area contributed by atoms with Crippen LogP contribution in [0.5, 0.6) is 5.75 Å². The van der Waals surface area contributed by atoms with Crippen molar-refractivity contribution in [2.45, 2.75) is 0 Å². The van der Waals surface area contributed by atoms with Crippen LogP contribution < -0.4 is 0 Å². The van der Waals surface area contributed by atoms with E-state index in [9.17, 15) is 5.11 Å². The number of aromatic hydroxyl groups is 1. The molecule has 0 aliphatic carbocycles. The number of fused-ring (bicyclic) bond motifs is 5. The van der Waals surface area contributed by atoms with Crippen LogP contribution in [0.3, 0.4) is 0 Å². The summed E-state index contributed by atoms with van der Waals surface area (Å²) < 4.78 is 4.16. The van der Waals surface area contributed by atoms with E-state index < -0.39 is 0 Å². The molecule has 0 spiro atoms. The molecule has 0 bridgehead atoms. The molecule has 3 aromatic heterocycles. The number of imidazole rings is 2. The van der Waals surface area contributed by atoms with Gasteiger partial charge in [0.15, 0.2) is 0 Å². The Bertz CT molecular complexity index is 1870. The van der Waals surface area contributed by atoms with Crippen LogP contribution in [-0.2, 0) is 21.1 Å². The standard InChI is InChI=1S/C30H19N4O.Pt/c35-28-19-7-6-17-26(28)33-24-15-4-5-16-25(24)34-27-18-8-12-21(29(27)32-30(33)34)23-14-9-13-22(31-23)20-10-2-1-3-11-20;/h1-10,12-19,35H;/q-1;. The average Bonchev–Trinajstić information content (AvgIpc) is 3.44. The predicted molar refractivity (Wildman–Crippen MR) is 139 cm³/mol. The quantitative estimate of drug-likeness (QED) is 0.219. The van der Waals surface area contributed by atoms with Gasteiger partial charge in [-0.3, -0.25) is 14.0 Å². The first-order valence-corrected chi connectivity index (χ1v) is 11.4. The minimum atomic E-state index is 0. The number of aromatic nitrogens is 4. The molecule has 7 aromatic rings. The van der Waals surface area contributed by atoms with Crippen molar-refractivity contribution in [3.05, 3.63) is 115 Å². The van der Waals surface area contributed by atoms with Crippen molar-refractivity contribution in [3.63, 3.8) is 0 Å². The summed E-state index contributed by atoms with van der Waals surface area (Å²) in [5, 5.41) is 10.7. The number of phenolic OH excluding ortho intramolecular Hbond substituents is 1. The van der Waals surface area contributed by atoms with Crippen LogP contribution in [0, 0.1) is 6.07 Å². The fourth-order valence-electron chi connectivity index (χ4n) is 4.81. The van der Waals surface area contributed by atoms with E-state index in [4.69, 9.17) is 9.97 Å². The molecule has 0 atom stereocenters. The van der Waals surface area contributed by atoms with Crippen molar-refractivity contribution in [2.24, 2.45) is 0 Å². The summed E-state index contributed by atoms with van der Waals surface area (Å²) >= 11 is 0. The Morgan fingerprint density at radius 2 is 1.36 bits per heavy atom. The molecule has 176 valence electrons. The van der Waals surface area contributed by atoms with Crippen molar-refractivity contribution in [1.82, 2.24) is 18.9 Å². The predicted octanol–water partition coefficient (Wildman–Crippen LogP) is 6.66. The smallest absolute Gasteiger partial charge is 0.220 e. The molecule has 0 saturated heterocycles. The molecular weight excluding hydrogens is 627 g/mol. The third-order valence-electron chi connectivity index (χ3n) is 6.36. The van der Waals surface area contributed by atoms with Crippen molar-refractivity contribution in [2.75, 3.05) is 0 Å². The van der Waals surface area contributed by atoms with Gasteiger partial charge in [-0.15, -0.1) is 35.9 Å². The molecule has 5 nitrogen and oxygen atoms in total. The molecule has 0 fully saturated rings. The molecular formula is C30H19N4OPt-. The van der Waals surface area contributed by atoms with Gasteiger partial charge in [-0.25, -0.2) is 4.98 Å². The average molecular weight is 647 g/mol. The summed E-state index contributed by atoms with van der Waals surface area (Å²) in [5.74, 6) is 0.944. The zero-order valence-electron chi connectivity index (χ0n) is 18.9. The normalized spacial score (nSPS) is 11.2. The summed E-state index contributed by atoms with van der Waals surface area (Å²) in [7, 11) is 0. The molecule has 36 heavy (non-hydrogen) atoms. The molecule has 1 N–H and O–H groups in total. The molecule has 0 unspecified atom stereocenters. The maximum absolute atomic E-state index is 10.7. The molecule has 0 aliphatic rings. The second kappa shape index (κ2) is 8.78. The van der Waals surface area contributed by atoms with Crippen LogP contribution in [0.1, 0.15) is 0 Å². The summed E-state index contributed by atoms with van der Waals surface area (Å²) in [4.78, 5) is 10.1. The van der Waals surface area contributed by atoms with Gasteiger partial charge in [-0.2, -0.15) is 0 Å². The SMILES string of the molecule is Oc1ccccc1-n1c2ccccc2n2c3cccc(-c4cccc(-c5[c-]cccc5)n4)c3nc12.[Pt]. The van der Waals surface area contributed by atoms with Gasteiger partial charge in [-0.1, -0.05) is 48.5 Å². The van der Waals surface area contributed by atoms with Gasteiger partial charge >= 0.3 is 0 Å². The van der Waals surface area contributed by atoms with Crippen molar-refractivity contribution in [1.29, 1.82) is 0 Å². The first-order chi connectivity index (χ1) is 17.3. The molecule has 4 aromatic carbocycles. The fourth-order valence-corrected chi connectivity index (χ4v) is 4.81. The topological polar surface area (TPSA) is 55.4 Å². The minimum Gasteiger partial charge on any atom is -0.506 e. The van der Waals surface area contributed by atoms with Crippen LogP contribution in [0.25, 0.3) is 56.0 Å². The van der Waals surface area contributed by atoms with E-state index in [2.05, 4.69) is 28.7 Å². The first kappa shape index (κ1) is 22.3. The van der Waals surface area contributed by atoms with Gasteiger partial charge in [0.05, 0.1) is 27.9 Å². The molecule has 0 saturated carbocycles. The summed E-state index contributed by atoms with van der Waals surface area (Å²) in [6.45, 7) is 0. The molecule has 0 aliphatic heterocycles. The van der Waals surface area contributed by atoms with Gasteiger partial charge < -0.3 is 5.11 Å². The summed E-state index contributed by atoms with van der Waals surface area (Å²) in [5.41, 5.74) is 8.16. The Kier molecular flexibility index (Phi) is 5.43. The van der Waals surface area contributed by atoms with Gasteiger partial charge in [0.2, 0.25) is 5.78 Å². The first-order valence-electron chi connectivity index (χ1n) is 11.4. The van der Waals surface area contributed by atoms with Gasteiger partial charge in [-0.05, 0) is 42.1 Å². The third-order valence-corrected chi connectivity index (χ3v) is 6.36. The number of hydrogen-bond acceptors (Lipinski definition) is 3. The third kappa shape index (κ3) is 3.35. The monoisotopic (exact) mass is 646 g/mol. The number of phenols is 1. The van der Waals surface area contributed by atoms with E-state index in [1.165, 1.54) is 0 Å². The number of benzene rings is 4. The van der Waals surface area contributed by atoms with E-state index >= 15 is 0 Å². The second-order valence-corrected chi connectivity index (χ2v) is 8.42. The zero-order valence-corrected chi connectivity index (χ0v) is 21.2. The van der Waals surface area contributed by atoms with E-state index in [0.29, 0.717) is 5.69 Å². The van der Waals surface area contributed by atoms with Crippen molar-refractivity contribution < 1.29 is 26.2 Å². The van der Waals surface area contributed by atoms with Crippen LogP contribution in [0.2, 0.25) is 0 Å². The maximum Gasteiger partial charge on any atom is 0.220 e. The molecule has 0 amide bonds. The Morgan fingerprint density at radius 1 is 0.639 bits per heavy atom. The largest absolute Gasteiger partial charge is 0.506 e. The Hall–Kier alpha value is -4.21. The number of pyridine rings is 1. The number of nitrogens with zero attached hydrogens (tertiary/aromatic N) is 4. The Morgan fingerprint density at radius 3 is 2.19 bits per heavy atom. The fraction of sp³-hybridized carbons (Fsp3) is 0. The maximum atomic E-state index is 10.7. The Labute approximate surface area is 221 Å². The van der Waals surface area contributed by atoms with E-state index in [1.54, 1.807) is 6.07 Å². The van der Waals surface area contributed by atoms with Gasteiger partial charge in [0, 0.05) is 26.6 Å².